The molecule has 0 fully saturated rings. The Morgan fingerprint density at radius 2 is 1.93 bits per heavy atom. The van der Waals surface area contributed by atoms with Gasteiger partial charge in [-0.3, -0.25) is 0 Å². The molecule has 15 heavy (non-hydrogen) atoms. The van der Waals surface area contributed by atoms with Crippen molar-refractivity contribution in [2.24, 2.45) is 5.73 Å². The minimum absolute atomic E-state index is 0.0560. The lowest BCUT2D eigenvalue weighted by Gasteiger charge is -2.18. The third-order valence-corrected chi connectivity index (χ3v) is 3.39. The number of nitrogens with two attached hydrogens (primary N) is 2. The first-order valence-electron chi connectivity index (χ1n) is 4.99. The maximum atomic E-state index is 5.65. The van der Waals surface area contributed by atoms with Crippen LogP contribution >= 0.6 is 0 Å². The standard InChI is InChI=1S/C10H18N2O2Si/c1-8(7-11)13-15(2)14-10-5-3-9(12)4-6-10/h3-6,8,15H,7,11-12H2,1-2H3. The molecule has 1 aromatic rings. The SMILES string of the molecule is CC(CN)O[SiH](C)Oc1ccc(N)cc1. The second kappa shape index (κ2) is 5.74. The van der Waals surface area contributed by atoms with Gasteiger partial charge in [-0.05, 0) is 37.7 Å². The monoisotopic (exact) mass is 226 g/mol. The molecule has 0 bridgehead atoms. The van der Waals surface area contributed by atoms with Crippen molar-refractivity contribution in [3.63, 3.8) is 0 Å². The molecule has 84 valence electrons. The highest BCUT2D eigenvalue weighted by atomic mass is 28.3. The molecular weight excluding hydrogens is 208 g/mol. The van der Waals surface area contributed by atoms with Gasteiger partial charge in [-0.25, -0.2) is 0 Å². The summed E-state index contributed by atoms with van der Waals surface area (Å²) < 4.78 is 11.2. The van der Waals surface area contributed by atoms with Gasteiger partial charge in [-0.2, -0.15) is 0 Å². The summed E-state index contributed by atoms with van der Waals surface area (Å²) in [7, 11) is -1.64. The van der Waals surface area contributed by atoms with Crippen LogP contribution in [0.1, 0.15) is 6.92 Å². The summed E-state index contributed by atoms with van der Waals surface area (Å²) in [6.07, 6.45) is 0.0560. The summed E-state index contributed by atoms with van der Waals surface area (Å²) in [6, 6.07) is 7.30. The van der Waals surface area contributed by atoms with E-state index in [0.717, 1.165) is 11.4 Å². The molecule has 4 N–H and O–H groups in total. The van der Waals surface area contributed by atoms with Gasteiger partial charge >= 0.3 is 9.28 Å². The summed E-state index contributed by atoms with van der Waals surface area (Å²) in [6.45, 7) is 4.43. The Hall–Kier alpha value is -1.04. The summed E-state index contributed by atoms with van der Waals surface area (Å²) in [4.78, 5) is 0. The third-order valence-electron chi connectivity index (χ3n) is 1.94. The quantitative estimate of drug-likeness (QED) is 0.577. The molecule has 0 aliphatic rings. The van der Waals surface area contributed by atoms with E-state index in [1.165, 1.54) is 0 Å². The summed E-state index contributed by atoms with van der Waals surface area (Å²) in [5.74, 6) is 0.799. The second-order valence-corrected chi connectivity index (χ2v) is 5.08. The Bertz CT molecular complexity index is 292. The number of hydrogen-bond donors (Lipinski definition) is 2. The Morgan fingerprint density at radius 1 is 1.33 bits per heavy atom. The van der Waals surface area contributed by atoms with E-state index in [9.17, 15) is 0 Å². The lowest BCUT2D eigenvalue weighted by molar-refractivity contribution is 0.197. The van der Waals surface area contributed by atoms with E-state index in [1.807, 2.05) is 37.7 Å². The molecule has 0 saturated heterocycles. The zero-order valence-corrected chi connectivity index (χ0v) is 10.3. The van der Waals surface area contributed by atoms with Crippen LogP contribution in [0.5, 0.6) is 5.75 Å². The van der Waals surface area contributed by atoms with Crippen LogP contribution in [0.3, 0.4) is 0 Å². The van der Waals surface area contributed by atoms with Crippen molar-refractivity contribution in [3.05, 3.63) is 24.3 Å². The summed E-state index contributed by atoms with van der Waals surface area (Å²) in [5, 5.41) is 0. The van der Waals surface area contributed by atoms with Gasteiger partial charge in [0.25, 0.3) is 0 Å². The van der Waals surface area contributed by atoms with Gasteiger partial charge in [0.2, 0.25) is 0 Å². The molecular formula is C10H18N2O2Si. The van der Waals surface area contributed by atoms with E-state index in [1.54, 1.807) is 0 Å². The summed E-state index contributed by atoms with van der Waals surface area (Å²) in [5.41, 5.74) is 11.8. The van der Waals surface area contributed by atoms with Crippen LogP contribution in [0.2, 0.25) is 6.55 Å². The predicted octanol–water partition coefficient (Wildman–Crippen LogP) is 0.862. The molecule has 0 heterocycles. The van der Waals surface area contributed by atoms with Crippen LogP contribution < -0.4 is 15.9 Å². The Balaban J connectivity index is 2.44. The van der Waals surface area contributed by atoms with Crippen molar-refractivity contribution in [1.82, 2.24) is 0 Å². The fraction of sp³-hybridized carbons (Fsp3) is 0.400. The maximum absolute atomic E-state index is 5.65. The van der Waals surface area contributed by atoms with Gasteiger partial charge in [-0.1, -0.05) is 0 Å². The van der Waals surface area contributed by atoms with Gasteiger partial charge in [0.05, 0.1) is 6.10 Å². The lowest BCUT2D eigenvalue weighted by Crippen LogP contribution is -2.31. The molecule has 2 atom stereocenters. The number of hydrogen-bond acceptors (Lipinski definition) is 4. The van der Waals surface area contributed by atoms with E-state index in [4.69, 9.17) is 20.3 Å². The average molecular weight is 226 g/mol. The van der Waals surface area contributed by atoms with Crippen molar-refractivity contribution in [3.8, 4) is 5.75 Å². The zero-order valence-electron chi connectivity index (χ0n) is 9.14. The van der Waals surface area contributed by atoms with E-state index in [-0.39, 0.29) is 6.10 Å². The van der Waals surface area contributed by atoms with Crippen LogP contribution in [0.4, 0.5) is 5.69 Å². The fourth-order valence-electron chi connectivity index (χ4n) is 1.15. The highest BCUT2D eigenvalue weighted by Gasteiger charge is 2.11. The molecule has 4 nitrogen and oxygen atoms in total. The number of benzene rings is 1. The number of rotatable bonds is 5. The van der Waals surface area contributed by atoms with Crippen molar-refractivity contribution in [2.75, 3.05) is 12.3 Å². The van der Waals surface area contributed by atoms with Gasteiger partial charge in [0.1, 0.15) is 5.75 Å². The maximum Gasteiger partial charge on any atom is 0.379 e. The molecule has 0 aliphatic carbocycles. The molecule has 0 spiro atoms. The highest BCUT2D eigenvalue weighted by molar-refractivity contribution is 6.43. The molecule has 2 unspecified atom stereocenters. The van der Waals surface area contributed by atoms with Crippen LogP contribution in [0, 0.1) is 0 Å². The van der Waals surface area contributed by atoms with Gasteiger partial charge in [-0.15, -0.1) is 0 Å². The smallest absolute Gasteiger partial charge is 0.379 e. The molecule has 1 aromatic carbocycles. The largest absolute Gasteiger partial charge is 0.522 e. The summed E-state index contributed by atoms with van der Waals surface area (Å²) >= 11 is 0. The molecule has 5 heteroatoms. The molecule has 0 radical (unpaired) electrons. The van der Waals surface area contributed by atoms with Gasteiger partial charge in [0, 0.05) is 12.2 Å². The Kier molecular flexibility index (Phi) is 4.61. The first-order valence-corrected chi connectivity index (χ1v) is 7.09. The lowest BCUT2D eigenvalue weighted by atomic mass is 10.3. The predicted molar refractivity (Wildman–Crippen MR) is 64.1 cm³/mol. The van der Waals surface area contributed by atoms with Crippen molar-refractivity contribution in [2.45, 2.75) is 19.6 Å². The first-order chi connectivity index (χ1) is 7.11. The molecule has 1 rings (SSSR count). The minimum atomic E-state index is -1.64. The van der Waals surface area contributed by atoms with Gasteiger partial charge < -0.3 is 20.3 Å². The molecule has 0 aliphatic heterocycles. The second-order valence-electron chi connectivity index (χ2n) is 3.44. The van der Waals surface area contributed by atoms with Crippen LogP contribution in [0.15, 0.2) is 24.3 Å². The van der Waals surface area contributed by atoms with Crippen LogP contribution in [-0.4, -0.2) is 21.9 Å². The van der Waals surface area contributed by atoms with E-state index in [2.05, 4.69) is 0 Å². The normalized spacial score (nSPS) is 14.6. The van der Waals surface area contributed by atoms with E-state index < -0.39 is 9.28 Å². The zero-order chi connectivity index (χ0) is 11.3. The first kappa shape index (κ1) is 12.0. The van der Waals surface area contributed by atoms with Crippen molar-refractivity contribution in [1.29, 1.82) is 0 Å². The topological polar surface area (TPSA) is 70.5 Å². The minimum Gasteiger partial charge on any atom is -0.522 e. The Labute approximate surface area is 92.0 Å². The molecule has 0 amide bonds. The Morgan fingerprint density at radius 3 is 2.47 bits per heavy atom. The van der Waals surface area contributed by atoms with Crippen LogP contribution in [0.25, 0.3) is 0 Å². The van der Waals surface area contributed by atoms with E-state index >= 15 is 0 Å². The molecule has 0 aromatic heterocycles. The highest BCUT2D eigenvalue weighted by Crippen LogP contribution is 2.14. The van der Waals surface area contributed by atoms with Crippen LogP contribution in [-0.2, 0) is 4.43 Å². The fourth-order valence-corrected chi connectivity index (χ4v) is 2.51. The van der Waals surface area contributed by atoms with E-state index in [0.29, 0.717) is 6.54 Å². The van der Waals surface area contributed by atoms with Gasteiger partial charge in [0.15, 0.2) is 0 Å². The number of nitrogen functional groups attached to an aromatic ring is 1. The molecule has 0 saturated carbocycles. The number of anilines is 1. The third kappa shape index (κ3) is 4.33. The van der Waals surface area contributed by atoms with Crippen molar-refractivity contribution < 1.29 is 8.85 Å². The average Bonchev–Trinajstić information content (AvgIpc) is 2.21. The van der Waals surface area contributed by atoms with Crippen molar-refractivity contribution >= 4 is 15.0 Å².